The van der Waals surface area contributed by atoms with Crippen molar-refractivity contribution in [2.75, 3.05) is 18.9 Å². The van der Waals surface area contributed by atoms with Crippen LogP contribution < -0.4 is 0 Å². The van der Waals surface area contributed by atoms with Gasteiger partial charge in [-0.2, -0.15) is 0 Å². The molecule has 0 aromatic rings. The molecule has 1 heterocycles. The van der Waals surface area contributed by atoms with Gasteiger partial charge in [0.2, 0.25) is 5.64 Å². The molecule has 27 heavy (non-hydrogen) atoms. The molecule has 1 rings (SSSR count). The molecule has 0 bridgehead atoms. The maximum absolute atomic E-state index is 14.3. The number of rotatable bonds is 13. The zero-order valence-electron chi connectivity index (χ0n) is 19.2. The zero-order chi connectivity index (χ0) is 20.5. The first-order valence-electron chi connectivity index (χ1n) is 11.5. The number of ether oxygens (including phenoxy) is 1. The van der Waals surface area contributed by atoms with Crippen molar-refractivity contribution in [1.29, 1.82) is 0 Å². The third kappa shape index (κ3) is 7.92. The topological polar surface area (TPSA) is 38.7 Å². The third-order valence-corrected chi connectivity index (χ3v) is 9.33. The quantitative estimate of drug-likeness (QED) is 0.299. The average Bonchev–Trinajstić information content (AvgIpc) is 3.13. The van der Waals surface area contributed by atoms with Crippen molar-refractivity contribution in [2.24, 2.45) is 22.2 Å². The van der Waals surface area contributed by atoms with Gasteiger partial charge in [-0.1, -0.05) is 99.8 Å². The molecule has 0 saturated heterocycles. The zero-order valence-corrected chi connectivity index (χ0v) is 20.1. The van der Waals surface area contributed by atoms with E-state index in [0.717, 1.165) is 25.2 Å². The minimum absolute atomic E-state index is 0.0608. The Morgan fingerprint density at radius 2 is 1.48 bits per heavy atom. The van der Waals surface area contributed by atoms with E-state index in [4.69, 9.17) is 9.73 Å². The van der Waals surface area contributed by atoms with E-state index in [0.29, 0.717) is 24.1 Å². The Morgan fingerprint density at radius 1 is 1.00 bits per heavy atom. The number of unbranched alkanes of at least 4 members (excludes halogenated alkanes) is 2. The molecule has 0 aromatic heterocycles. The number of hydrogen-bond donors (Lipinski definition) is 0. The second kappa shape index (κ2) is 11.6. The van der Waals surface area contributed by atoms with Crippen molar-refractivity contribution < 1.29 is 9.30 Å². The fourth-order valence-electron chi connectivity index (χ4n) is 3.93. The van der Waals surface area contributed by atoms with E-state index >= 15 is 0 Å². The largest absolute Gasteiger partial charge is 0.473 e. The lowest BCUT2D eigenvalue weighted by atomic mass is 9.88. The molecule has 0 spiro atoms. The summed E-state index contributed by atoms with van der Waals surface area (Å²) in [5.41, 5.74) is 0.693. The SMILES string of the molecule is CCCCC(CC)CP(=O)(CC(CC)CCCC)C1=NC(C(C)(C)C)CO1. The second-order valence-electron chi connectivity index (χ2n) is 9.69. The van der Waals surface area contributed by atoms with Crippen LogP contribution in [-0.2, 0) is 9.30 Å². The third-order valence-electron chi connectivity index (χ3n) is 6.18. The van der Waals surface area contributed by atoms with Crippen molar-refractivity contribution >= 4 is 12.8 Å². The van der Waals surface area contributed by atoms with Gasteiger partial charge in [0.05, 0.1) is 6.04 Å². The van der Waals surface area contributed by atoms with Gasteiger partial charge in [0.15, 0.2) is 7.14 Å². The molecule has 3 atom stereocenters. The van der Waals surface area contributed by atoms with E-state index in [2.05, 4.69) is 48.5 Å². The average molecular weight is 400 g/mol. The molecule has 0 saturated carbocycles. The van der Waals surface area contributed by atoms with Crippen molar-refractivity contribution in [1.82, 2.24) is 0 Å². The smallest absolute Gasteiger partial charge is 0.245 e. The lowest BCUT2D eigenvalue weighted by Crippen LogP contribution is -2.25. The van der Waals surface area contributed by atoms with Gasteiger partial charge in [0, 0.05) is 12.3 Å². The van der Waals surface area contributed by atoms with Crippen LogP contribution in [0.5, 0.6) is 0 Å². The van der Waals surface area contributed by atoms with E-state index in [1.807, 2.05) is 0 Å². The summed E-state index contributed by atoms with van der Waals surface area (Å²) in [6, 6.07) is 0.132. The number of hydrogen-bond acceptors (Lipinski definition) is 3. The van der Waals surface area contributed by atoms with Gasteiger partial charge in [-0.05, 0) is 17.3 Å². The Kier molecular flexibility index (Phi) is 10.7. The van der Waals surface area contributed by atoms with Gasteiger partial charge in [-0.25, -0.2) is 4.99 Å². The maximum atomic E-state index is 14.3. The van der Waals surface area contributed by atoms with Crippen LogP contribution in [0, 0.1) is 17.3 Å². The minimum Gasteiger partial charge on any atom is -0.473 e. The molecule has 0 amide bonds. The summed E-state index contributed by atoms with van der Waals surface area (Å²) in [4.78, 5) is 4.90. The summed E-state index contributed by atoms with van der Waals surface area (Å²) in [6.07, 6.45) is 11.0. The number of aliphatic imine (C=N–C) groups is 1. The van der Waals surface area contributed by atoms with Gasteiger partial charge < -0.3 is 9.30 Å². The van der Waals surface area contributed by atoms with Gasteiger partial charge in [-0.15, -0.1) is 0 Å². The molecule has 0 aromatic carbocycles. The van der Waals surface area contributed by atoms with Gasteiger partial charge in [0.25, 0.3) is 0 Å². The maximum Gasteiger partial charge on any atom is 0.245 e. The normalized spacial score (nSPS) is 22.0. The van der Waals surface area contributed by atoms with Gasteiger partial charge in [0.1, 0.15) is 6.61 Å². The first kappa shape index (κ1) is 24.7. The van der Waals surface area contributed by atoms with Crippen LogP contribution in [0.3, 0.4) is 0 Å². The molecule has 0 radical (unpaired) electrons. The van der Waals surface area contributed by atoms with Gasteiger partial charge >= 0.3 is 0 Å². The fraction of sp³-hybridized carbons (Fsp3) is 0.957. The van der Waals surface area contributed by atoms with E-state index < -0.39 is 7.14 Å². The van der Waals surface area contributed by atoms with E-state index in [-0.39, 0.29) is 11.5 Å². The first-order chi connectivity index (χ1) is 12.7. The molecular weight excluding hydrogens is 353 g/mol. The summed E-state index contributed by atoms with van der Waals surface area (Å²) in [5, 5.41) is 0. The Bertz CT molecular complexity index is 473. The highest BCUT2D eigenvalue weighted by atomic mass is 31.2. The Hall–Kier alpha value is -0.300. The van der Waals surface area contributed by atoms with Crippen LogP contribution >= 0.6 is 7.14 Å². The lowest BCUT2D eigenvalue weighted by molar-refractivity contribution is 0.237. The highest BCUT2D eigenvalue weighted by Gasteiger charge is 2.41. The van der Waals surface area contributed by atoms with E-state index in [1.54, 1.807) is 0 Å². The molecule has 0 N–H and O–H groups in total. The van der Waals surface area contributed by atoms with Crippen LogP contribution in [0.25, 0.3) is 0 Å². The molecule has 0 aliphatic carbocycles. The Morgan fingerprint density at radius 3 is 1.81 bits per heavy atom. The van der Waals surface area contributed by atoms with Gasteiger partial charge in [-0.3, -0.25) is 0 Å². The highest BCUT2D eigenvalue weighted by Crippen LogP contribution is 2.54. The predicted molar refractivity (Wildman–Crippen MR) is 121 cm³/mol. The summed E-state index contributed by atoms with van der Waals surface area (Å²) in [5.74, 6) is 1.05. The van der Waals surface area contributed by atoms with Crippen LogP contribution in [-0.4, -0.2) is 30.6 Å². The number of nitrogens with zero attached hydrogens (tertiary/aromatic N) is 1. The molecule has 1 aliphatic heterocycles. The monoisotopic (exact) mass is 399 g/mol. The van der Waals surface area contributed by atoms with Crippen LogP contribution in [0.4, 0.5) is 0 Å². The fourth-order valence-corrected chi connectivity index (χ4v) is 7.60. The molecule has 160 valence electrons. The van der Waals surface area contributed by atoms with Crippen LogP contribution in [0.2, 0.25) is 0 Å². The summed E-state index contributed by atoms with van der Waals surface area (Å²) in [7, 11) is -2.57. The Labute approximate surface area is 169 Å². The predicted octanol–water partition coefficient (Wildman–Crippen LogP) is 7.58. The molecular formula is C23H46NO2P. The molecule has 0 fully saturated rings. The first-order valence-corrected chi connectivity index (χ1v) is 13.6. The summed E-state index contributed by atoms with van der Waals surface area (Å²) in [6.45, 7) is 16.2. The minimum atomic E-state index is -2.57. The molecule has 4 heteroatoms. The van der Waals surface area contributed by atoms with Crippen LogP contribution in [0.15, 0.2) is 4.99 Å². The summed E-state index contributed by atoms with van der Waals surface area (Å²) >= 11 is 0. The standard InChI is InChI=1S/C23H46NO2P/c1-8-12-14-19(10-3)17-27(25,18-20(11-4)15-13-9-2)22-24-21(16-26-22)23(5,6)7/h19-21H,8-18H2,1-7H3. The van der Waals surface area contributed by atoms with Crippen molar-refractivity contribution in [3.05, 3.63) is 0 Å². The van der Waals surface area contributed by atoms with E-state index in [1.165, 1.54) is 38.5 Å². The molecule has 3 nitrogen and oxygen atoms in total. The second-order valence-corrected chi connectivity index (χ2v) is 12.6. The van der Waals surface area contributed by atoms with Crippen molar-refractivity contribution in [3.63, 3.8) is 0 Å². The van der Waals surface area contributed by atoms with Crippen LogP contribution in [0.1, 0.15) is 99.8 Å². The summed E-state index contributed by atoms with van der Waals surface area (Å²) < 4.78 is 20.3. The lowest BCUT2D eigenvalue weighted by Gasteiger charge is -2.26. The highest BCUT2D eigenvalue weighted by molar-refractivity contribution is 7.80. The molecule has 1 aliphatic rings. The van der Waals surface area contributed by atoms with Crippen molar-refractivity contribution in [3.8, 4) is 0 Å². The van der Waals surface area contributed by atoms with Crippen molar-refractivity contribution in [2.45, 2.75) is 106 Å². The van der Waals surface area contributed by atoms with E-state index in [9.17, 15) is 4.57 Å². The Balaban J connectivity index is 3.05. The molecule has 3 unspecified atom stereocenters.